The number of alkyl halides is 2. The third-order valence-corrected chi connectivity index (χ3v) is 3.36. The van der Waals surface area contributed by atoms with Crippen LogP contribution in [0.25, 0.3) is 0 Å². The van der Waals surface area contributed by atoms with Crippen molar-refractivity contribution in [2.45, 2.75) is 25.3 Å². The molecule has 1 aliphatic heterocycles. The summed E-state index contributed by atoms with van der Waals surface area (Å²) in [6.07, 6.45) is -0.392. The summed E-state index contributed by atoms with van der Waals surface area (Å²) in [4.78, 5) is 13.4. The van der Waals surface area contributed by atoms with E-state index in [-0.39, 0.29) is 44.2 Å². The minimum atomic E-state index is -2.60. The highest BCUT2D eigenvalue weighted by Gasteiger charge is 2.34. The van der Waals surface area contributed by atoms with Crippen LogP contribution < -0.4 is 5.32 Å². The second kappa shape index (κ2) is 6.26. The maximum atomic E-state index is 13.0. The normalized spacial score (nSPS) is 18.8. The van der Waals surface area contributed by atoms with Crippen molar-refractivity contribution in [2.24, 2.45) is 0 Å². The molecule has 1 fully saturated rings. The number of amides is 1. The Morgan fingerprint density at radius 2 is 1.80 bits per heavy atom. The van der Waals surface area contributed by atoms with Crippen LogP contribution in [-0.2, 0) is 11.3 Å². The summed E-state index contributed by atoms with van der Waals surface area (Å²) < 4.78 is 38.6. The zero-order valence-electron chi connectivity index (χ0n) is 11.0. The van der Waals surface area contributed by atoms with Gasteiger partial charge in [0.05, 0.1) is 6.54 Å². The lowest BCUT2D eigenvalue weighted by molar-refractivity contribution is -0.124. The van der Waals surface area contributed by atoms with E-state index in [9.17, 15) is 18.0 Å². The number of nitrogens with one attached hydrogen (secondary N) is 1. The standard InChI is InChI=1S/C14H17F3N2O/c15-12-3-1-11(2-4-12)9-18-13(20)10-19-7-5-14(16,17)6-8-19/h1-4H,5-10H2,(H,18,20). The van der Waals surface area contributed by atoms with Crippen molar-refractivity contribution in [3.63, 3.8) is 0 Å². The Labute approximate surface area is 115 Å². The summed E-state index contributed by atoms with van der Waals surface area (Å²) in [5.74, 6) is -3.13. The minimum absolute atomic E-state index is 0.122. The van der Waals surface area contributed by atoms with Gasteiger partial charge < -0.3 is 5.32 Å². The van der Waals surface area contributed by atoms with Crippen LogP contribution in [0, 0.1) is 5.82 Å². The van der Waals surface area contributed by atoms with Crippen LogP contribution >= 0.6 is 0 Å². The van der Waals surface area contributed by atoms with E-state index in [0.717, 1.165) is 5.56 Å². The Balaban J connectivity index is 1.72. The van der Waals surface area contributed by atoms with Gasteiger partial charge in [0, 0.05) is 32.5 Å². The first-order chi connectivity index (χ1) is 9.44. The van der Waals surface area contributed by atoms with Crippen molar-refractivity contribution in [1.82, 2.24) is 10.2 Å². The first-order valence-corrected chi connectivity index (χ1v) is 6.56. The first kappa shape index (κ1) is 14.8. The topological polar surface area (TPSA) is 32.3 Å². The van der Waals surface area contributed by atoms with Gasteiger partial charge in [0.25, 0.3) is 5.92 Å². The Hall–Kier alpha value is -1.56. The van der Waals surface area contributed by atoms with E-state index < -0.39 is 5.92 Å². The Morgan fingerprint density at radius 3 is 2.40 bits per heavy atom. The molecular weight excluding hydrogens is 269 g/mol. The molecule has 2 rings (SSSR count). The molecule has 1 N–H and O–H groups in total. The van der Waals surface area contributed by atoms with Crippen molar-refractivity contribution < 1.29 is 18.0 Å². The number of nitrogens with zero attached hydrogens (tertiary/aromatic N) is 1. The zero-order valence-corrected chi connectivity index (χ0v) is 11.0. The Morgan fingerprint density at radius 1 is 1.20 bits per heavy atom. The van der Waals surface area contributed by atoms with Gasteiger partial charge in [0.15, 0.2) is 0 Å². The van der Waals surface area contributed by atoms with Crippen LogP contribution in [-0.4, -0.2) is 36.4 Å². The molecule has 1 aromatic carbocycles. The van der Waals surface area contributed by atoms with Gasteiger partial charge in [-0.3, -0.25) is 9.69 Å². The number of likely N-dealkylation sites (tertiary alicyclic amines) is 1. The number of piperidine rings is 1. The fourth-order valence-corrected chi connectivity index (χ4v) is 2.10. The number of rotatable bonds is 4. The average Bonchev–Trinajstić information content (AvgIpc) is 2.41. The molecule has 0 unspecified atom stereocenters. The monoisotopic (exact) mass is 286 g/mol. The lowest BCUT2D eigenvalue weighted by atomic mass is 10.1. The molecule has 0 aliphatic carbocycles. The van der Waals surface area contributed by atoms with Gasteiger partial charge in [-0.05, 0) is 17.7 Å². The van der Waals surface area contributed by atoms with Crippen molar-refractivity contribution >= 4 is 5.91 Å². The van der Waals surface area contributed by atoms with E-state index in [4.69, 9.17) is 0 Å². The zero-order chi connectivity index (χ0) is 14.6. The van der Waals surface area contributed by atoms with Crippen LogP contribution in [0.15, 0.2) is 24.3 Å². The molecule has 1 heterocycles. The number of benzene rings is 1. The van der Waals surface area contributed by atoms with Gasteiger partial charge in [-0.2, -0.15) is 0 Å². The van der Waals surface area contributed by atoms with E-state index in [1.54, 1.807) is 17.0 Å². The van der Waals surface area contributed by atoms with Gasteiger partial charge in [-0.1, -0.05) is 12.1 Å². The molecule has 20 heavy (non-hydrogen) atoms. The van der Waals surface area contributed by atoms with Crippen LogP contribution in [0.1, 0.15) is 18.4 Å². The van der Waals surface area contributed by atoms with Gasteiger partial charge >= 0.3 is 0 Å². The molecule has 6 heteroatoms. The predicted molar refractivity (Wildman–Crippen MR) is 68.9 cm³/mol. The summed E-state index contributed by atoms with van der Waals surface area (Å²) in [6.45, 7) is 0.897. The van der Waals surface area contributed by atoms with Crippen LogP contribution in [0.5, 0.6) is 0 Å². The van der Waals surface area contributed by atoms with Crippen molar-refractivity contribution in [2.75, 3.05) is 19.6 Å². The molecule has 0 radical (unpaired) electrons. The van der Waals surface area contributed by atoms with E-state index in [0.29, 0.717) is 6.54 Å². The van der Waals surface area contributed by atoms with Crippen LogP contribution in [0.2, 0.25) is 0 Å². The number of halogens is 3. The van der Waals surface area contributed by atoms with Crippen molar-refractivity contribution in [3.05, 3.63) is 35.6 Å². The molecule has 1 amide bonds. The average molecular weight is 286 g/mol. The van der Waals surface area contributed by atoms with Crippen LogP contribution in [0.3, 0.4) is 0 Å². The molecule has 1 saturated heterocycles. The molecule has 0 aromatic heterocycles. The lowest BCUT2D eigenvalue weighted by Gasteiger charge is -2.31. The summed E-state index contributed by atoms with van der Waals surface area (Å²) in [6, 6.07) is 5.84. The summed E-state index contributed by atoms with van der Waals surface area (Å²) in [7, 11) is 0. The number of carbonyl (C=O) groups is 1. The van der Waals surface area contributed by atoms with Gasteiger partial charge in [0.2, 0.25) is 5.91 Å². The summed E-state index contributed by atoms with van der Waals surface area (Å²) >= 11 is 0. The van der Waals surface area contributed by atoms with Gasteiger partial charge in [-0.25, -0.2) is 13.2 Å². The third-order valence-electron chi connectivity index (χ3n) is 3.36. The predicted octanol–water partition coefficient (Wildman–Crippen LogP) is 2.17. The molecule has 0 spiro atoms. The SMILES string of the molecule is O=C(CN1CCC(F)(F)CC1)NCc1ccc(F)cc1. The maximum Gasteiger partial charge on any atom is 0.250 e. The highest BCUT2D eigenvalue weighted by atomic mass is 19.3. The summed E-state index contributed by atoms with van der Waals surface area (Å²) in [5, 5.41) is 2.70. The summed E-state index contributed by atoms with van der Waals surface area (Å²) in [5.41, 5.74) is 0.796. The molecule has 0 bridgehead atoms. The molecule has 0 saturated carbocycles. The van der Waals surface area contributed by atoms with Crippen molar-refractivity contribution in [3.8, 4) is 0 Å². The highest BCUT2D eigenvalue weighted by Crippen LogP contribution is 2.27. The first-order valence-electron chi connectivity index (χ1n) is 6.56. The Bertz CT molecular complexity index is 452. The molecular formula is C14H17F3N2O. The van der Waals surface area contributed by atoms with E-state index in [1.165, 1.54) is 12.1 Å². The smallest absolute Gasteiger partial charge is 0.250 e. The number of hydrogen-bond donors (Lipinski definition) is 1. The van der Waals surface area contributed by atoms with E-state index in [2.05, 4.69) is 5.32 Å². The fourth-order valence-electron chi connectivity index (χ4n) is 2.10. The van der Waals surface area contributed by atoms with Gasteiger partial charge in [-0.15, -0.1) is 0 Å². The highest BCUT2D eigenvalue weighted by molar-refractivity contribution is 5.78. The molecule has 1 aromatic rings. The molecule has 1 aliphatic rings. The fraction of sp³-hybridized carbons (Fsp3) is 0.500. The van der Waals surface area contributed by atoms with E-state index in [1.807, 2.05) is 0 Å². The molecule has 0 atom stereocenters. The second-order valence-electron chi connectivity index (χ2n) is 5.04. The molecule has 3 nitrogen and oxygen atoms in total. The Kier molecular flexibility index (Phi) is 4.65. The second-order valence-corrected chi connectivity index (χ2v) is 5.04. The third kappa shape index (κ3) is 4.52. The van der Waals surface area contributed by atoms with Crippen molar-refractivity contribution in [1.29, 1.82) is 0 Å². The van der Waals surface area contributed by atoms with Crippen LogP contribution in [0.4, 0.5) is 13.2 Å². The molecule has 110 valence electrons. The van der Waals surface area contributed by atoms with Gasteiger partial charge in [0.1, 0.15) is 5.82 Å². The minimum Gasteiger partial charge on any atom is -0.351 e. The number of carbonyl (C=O) groups excluding carboxylic acids is 1. The van der Waals surface area contributed by atoms with E-state index >= 15 is 0 Å². The maximum absolute atomic E-state index is 13.0. The number of hydrogen-bond acceptors (Lipinski definition) is 2. The quantitative estimate of drug-likeness (QED) is 0.920. The lowest BCUT2D eigenvalue weighted by Crippen LogP contribution is -2.44. The largest absolute Gasteiger partial charge is 0.351 e.